The van der Waals surface area contributed by atoms with Crippen LogP contribution in [0.1, 0.15) is 36.0 Å². The average molecular weight is 352 g/mol. The van der Waals surface area contributed by atoms with Gasteiger partial charge in [0.15, 0.2) is 0 Å². The molecule has 2 aliphatic heterocycles. The van der Waals surface area contributed by atoms with Gasteiger partial charge in [0.05, 0.1) is 24.9 Å². The average Bonchev–Trinajstić information content (AvgIpc) is 3.08. The van der Waals surface area contributed by atoms with Gasteiger partial charge in [-0.05, 0) is 42.5 Å². The third-order valence-electron chi connectivity index (χ3n) is 5.81. The largest absolute Gasteiger partial charge is 0.372 e. The number of rotatable bonds is 5. The summed E-state index contributed by atoms with van der Waals surface area (Å²) in [6.07, 6.45) is 7.10. The van der Waals surface area contributed by atoms with Gasteiger partial charge in [0.1, 0.15) is 0 Å². The van der Waals surface area contributed by atoms with Gasteiger partial charge in [-0.1, -0.05) is 30.3 Å². The first kappa shape index (κ1) is 17.7. The lowest BCUT2D eigenvalue weighted by atomic mass is 9.87. The van der Waals surface area contributed by atoms with E-state index < -0.39 is 0 Å². The maximum atomic E-state index is 6.24. The van der Waals surface area contributed by atoms with Crippen LogP contribution in [0.15, 0.2) is 48.8 Å². The van der Waals surface area contributed by atoms with Crippen LogP contribution in [0.3, 0.4) is 0 Å². The Hall–Kier alpha value is -1.75. The molecule has 26 heavy (non-hydrogen) atoms. The van der Waals surface area contributed by atoms with Crippen molar-refractivity contribution in [3.63, 3.8) is 0 Å². The molecule has 138 valence electrons. The molecule has 0 unspecified atom stereocenters. The standard InChI is InChI=1S/C22H28N2O2/c1-18-5-2-3-7-20(18)15-24-11-8-22(9-12-24)13-21(17-26-22)25-16-19-6-4-10-23-14-19/h2-7,10,14,21H,8-9,11-13,15-17H2,1H3/t21-/m0/s1. The van der Waals surface area contributed by atoms with Crippen LogP contribution in [0.4, 0.5) is 0 Å². The molecule has 0 amide bonds. The third-order valence-corrected chi connectivity index (χ3v) is 5.81. The molecule has 2 saturated heterocycles. The number of benzene rings is 1. The Bertz CT molecular complexity index is 711. The van der Waals surface area contributed by atoms with Crippen molar-refractivity contribution >= 4 is 0 Å². The smallest absolute Gasteiger partial charge is 0.0840 e. The van der Waals surface area contributed by atoms with Crippen molar-refractivity contribution in [3.8, 4) is 0 Å². The predicted molar refractivity (Wildman–Crippen MR) is 102 cm³/mol. The summed E-state index contributed by atoms with van der Waals surface area (Å²) in [6.45, 7) is 6.79. The van der Waals surface area contributed by atoms with E-state index in [1.807, 2.05) is 12.3 Å². The van der Waals surface area contributed by atoms with Crippen molar-refractivity contribution < 1.29 is 9.47 Å². The van der Waals surface area contributed by atoms with Gasteiger partial charge in [-0.15, -0.1) is 0 Å². The Morgan fingerprint density at radius 2 is 2.04 bits per heavy atom. The first-order chi connectivity index (χ1) is 12.7. The molecular formula is C22H28N2O2. The van der Waals surface area contributed by atoms with Gasteiger partial charge >= 0.3 is 0 Å². The van der Waals surface area contributed by atoms with E-state index in [4.69, 9.17) is 9.47 Å². The summed E-state index contributed by atoms with van der Waals surface area (Å²) in [4.78, 5) is 6.70. The summed E-state index contributed by atoms with van der Waals surface area (Å²) in [5.74, 6) is 0. The minimum atomic E-state index is 0.0296. The van der Waals surface area contributed by atoms with Crippen molar-refractivity contribution in [2.75, 3.05) is 19.7 Å². The lowest BCUT2D eigenvalue weighted by molar-refractivity contribution is -0.0468. The molecule has 4 rings (SSSR count). The van der Waals surface area contributed by atoms with Crippen molar-refractivity contribution in [2.45, 2.75) is 51.0 Å². The molecule has 4 nitrogen and oxygen atoms in total. The van der Waals surface area contributed by atoms with Gasteiger partial charge < -0.3 is 9.47 Å². The predicted octanol–water partition coefficient (Wildman–Crippen LogP) is 3.73. The monoisotopic (exact) mass is 352 g/mol. The van der Waals surface area contributed by atoms with E-state index in [2.05, 4.69) is 47.1 Å². The van der Waals surface area contributed by atoms with Gasteiger partial charge in [0, 0.05) is 38.4 Å². The van der Waals surface area contributed by atoms with Crippen LogP contribution in [0, 0.1) is 6.92 Å². The Morgan fingerprint density at radius 1 is 1.19 bits per heavy atom. The molecule has 2 fully saturated rings. The molecule has 0 saturated carbocycles. The van der Waals surface area contributed by atoms with Crippen molar-refractivity contribution in [1.82, 2.24) is 9.88 Å². The Balaban J connectivity index is 1.26. The summed E-state index contributed by atoms with van der Waals surface area (Å²) >= 11 is 0. The molecule has 0 N–H and O–H groups in total. The van der Waals surface area contributed by atoms with E-state index in [-0.39, 0.29) is 11.7 Å². The number of aryl methyl sites for hydroxylation is 1. The second kappa shape index (κ2) is 7.87. The van der Waals surface area contributed by atoms with Gasteiger partial charge in [-0.3, -0.25) is 9.88 Å². The minimum absolute atomic E-state index is 0.0296. The van der Waals surface area contributed by atoms with Gasteiger partial charge in [0.2, 0.25) is 0 Å². The van der Waals surface area contributed by atoms with Crippen LogP contribution in [0.5, 0.6) is 0 Å². The molecule has 0 radical (unpaired) electrons. The molecule has 1 aromatic carbocycles. The van der Waals surface area contributed by atoms with Gasteiger partial charge in [0.25, 0.3) is 0 Å². The molecule has 0 aliphatic carbocycles. The van der Waals surface area contributed by atoms with Crippen molar-refractivity contribution in [2.24, 2.45) is 0 Å². The molecule has 4 heteroatoms. The second-order valence-corrected chi connectivity index (χ2v) is 7.70. The van der Waals surface area contributed by atoms with Crippen molar-refractivity contribution in [1.29, 1.82) is 0 Å². The summed E-state index contributed by atoms with van der Waals surface area (Å²) < 4.78 is 12.3. The lowest BCUT2D eigenvalue weighted by Gasteiger charge is -2.38. The quantitative estimate of drug-likeness (QED) is 0.821. The normalized spacial score (nSPS) is 22.7. The van der Waals surface area contributed by atoms with E-state index in [9.17, 15) is 0 Å². The topological polar surface area (TPSA) is 34.6 Å². The molecule has 1 atom stereocenters. The van der Waals surface area contributed by atoms with Gasteiger partial charge in [-0.25, -0.2) is 0 Å². The van der Waals surface area contributed by atoms with Crippen LogP contribution in [-0.2, 0) is 22.6 Å². The van der Waals surface area contributed by atoms with Crippen LogP contribution in [0.25, 0.3) is 0 Å². The zero-order chi connectivity index (χ0) is 17.8. The summed E-state index contributed by atoms with van der Waals surface area (Å²) in [7, 11) is 0. The molecular weight excluding hydrogens is 324 g/mol. The number of hydrogen-bond donors (Lipinski definition) is 0. The number of nitrogens with zero attached hydrogens (tertiary/aromatic N) is 2. The molecule has 1 spiro atoms. The van der Waals surface area contributed by atoms with E-state index in [1.165, 1.54) is 11.1 Å². The number of aromatic nitrogens is 1. The van der Waals surface area contributed by atoms with E-state index >= 15 is 0 Å². The Morgan fingerprint density at radius 3 is 2.81 bits per heavy atom. The van der Waals surface area contributed by atoms with Crippen molar-refractivity contribution in [3.05, 3.63) is 65.5 Å². The van der Waals surface area contributed by atoms with Crippen LogP contribution in [-0.4, -0.2) is 41.3 Å². The zero-order valence-corrected chi connectivity index (χ0v) is 15.6. The third kappa shape index (κ3) is 4.14. The maximum absolute atomic E-state index is 6.24. The number of hydrogen-bond acceptors (Lipinski definition) is 4. The highest BCUT2D eigenvalue weighted by Gasteiger charge is 2.43. The Kier molecular flexibility index (Phi) is 5.34. The zero-order valence-electron chi connectivity index (χ0n) is 15.6. The highest BCUT2D eigenvalue weighted by Crippen LogP contribution is 2.37. The maximum Gasteiger partial charge on any atom is 0.0840 e. The van der Waals surface area contributed by atoms with E-state index in [1.54, 1.807) is 6.20 Å². The number of piperidine rings is 1. The molecule has 3 heterocycles. The number of pyridine rings is 1. The lowest BCUT2D eigenvalue weighted by Crippen LogP contribution is -2.44. The minimum Gasteiger partial charge on any atom is -0.372 e. The Labute approximate surface area is 156 Å². The molecule has 0 bridgehead atoms. The number of likely N-dealkylation sites (tertiary alicyclic amines) is 1. The van der Waals surface area contributed by atoms with Crippen LogP contribution >= 0.6 is 0 Å². The SMILES string of the molecule is Cc1ccccc1CN1CCC2(CC1)C[C@H](OCc1cccnc1)CO2. The fraction of sp³-hybridized carbons (Fsp3) is 0.500. The summed E-state index contributed by atoms with van der Waals surface area (Å²) in [6, 6.07) is 12.7. The highest BCUT2D eigenvalue weighted by molar-refractivity contribution is 5.25. The fourth-order valence-corrected chi connectivity index (χ4v) is 4.10. The van der Waals surface area contributed by atoms with E-state index in [0.717, 1.165) is 51.1 Å². The first-order valence-corrected chi connectivity index (χ1v) is 9.64. The summed E-state index contributed by atoms with van der Waals surface area (Å²) in [5.41, 5.74) is 3.98. The second-order valence-electron chi connectivity index (χ2n) is 7.70. The number of ether oxygens (including phenoxy) is 2. The van der Waals surface area contributed by atoms with Crippen LogP contribution in [0.2, 0.25) is 0 Å². The van der Waals surface area contributed by atoms with Gasteiger partial charge in [-0.2, -0.15) is 0 Å². The van der Waals surface area contributed by atoms with E-state index in [0.29, 0.717) is 6.61 Å². The first-order valence-electron chi connectivity index (χ1n) is 9.64. The molecule has 2 aromatic rings. The summed E-state index contributed by atoms with van der Waals surface area (Å²) in [5, 5.41) is 0. The molecule has 2 aliphatic rings. The van der Waals surface area contributed by atoms with Crippen LogP contribution < -0.4 is 0 Å². The molecule has 1 aromatic heterocycles. The fourth-order valence-electron chi connectivity index (χ4n) is 4.10. The highest BCUT2D eigenvalue weighted by atomic mass is 16.6.